The van der Waals surface area contributed by atoms with E-state index in [1.807, 2.05) is 17.3 Å². The topological polar surface area (TPSA) is 68.9 Å². The maximum Gasteiger partial charge on any atom is 0.263 e. The number of hydrogen-bond donors (Lipinski definition) is 0. The van der Waals surface area contributed by atoms with E-state index in [0.29, 0.717) is 42.1 Å². The first-order chi connectivity index (χ1) is 11.5. The largest absolute Gasteiger partial charge is 0.481 e. The van der Waals surface area contributed by atoms with Crippen LogP contribution in [0.4, 0.5) is 0 Å². The first-order valence-electron chi connectivity index (χ1n) is 7.52. The van der Waals surface area contributed by atoms with Gasteiger partial charge in [-0.1, -0.05) is 23.4 Å². The number of halogens is 1. The van der Waals surface area contributed by atoms with Gasteiger partial charge < -0.3 is 14.5 Å². The lowest BCUT2D eigenvalue weighted by molar-refractivity contribution is -0.139. The Morgan fingerprint density at radius 3 is 2.42 bits per heavy atom. The van der Waals surface area contributed by atoms with Gasteiger partial charge in [0, 0.05) is 31.2 Å². The van der Waals surface area contributed by atoms with Crippen LogP contribution in [0.25, 0.3) is 0 Å². The van der Waals surface area contributed by atoms with Crippen molar-refractivity contribution in [3.05, 3.63) is 29.3 Å². The van der Waals surface area contributed by atoms with E-state index in [2.05, 4.69) is 4.99 Å². The maximum absolute atomic E-state index is 12.5. The molecule has 0 N–H and O–H groups in total. The molecule has 1 aliphatic heterocycles. The minimum absolute atomic E-state index is 0.0486. The summed E-state index contributed by atoms with van der Waals surface area (Å²) in [4.78, 5) is 20.1. The zero-order valence-corrected chi connectivity index (χ0v) is 15.2. The molecule has 0 radical (unpaired) electrons. The van der Waals surface area contributed by atoms with Gasteiger partial charge in [0.25, 0.3) is 5.91 Å². The molecule has 0 aromatic heterocycles. The number of nitriles is 1. The Morgan fingerprint density at radius 1 is 1.29 bits per heavy atom. The second-order valence-electron chi connectivity index (χ2n) is 5.22. The molecule has 8 heteroatoms. The van der Waals surface area contributed by atoms with E-state index >= 15 is 0 Å². The number of aliphatic imine (C=N–C) groups is 1. The molecule has 1 fully saturated rings. The van der Waals surface area contributed by atoms with E-state index in [0.717, 1.165) is 0 Å². The number of hydrogen-bond acceptors (Lipinski definition) is 5. The fourth-order valence-corrected chi connectivity index (χ4v) is 3.13. The second kappa shape index (κ2) is 8.81. The molecule has 128 valence electrons. The SMILES string of the molecule is CS/C(=N\C#N)N1CCN(C(=O)[C@@H](C)Oc2ccc(Cl)cc2)CC1. The standard InChI is InChI=1S/C16H19ClN4O2S/c1-12(23-14-5-3-13(17)4-6-14)15(22)20-7-9-21(10-8-20)16(24-2)19-11-18/h3-6,12H,7-10H2,1-2H3/b19-16-/t12-/m1/s1. The summed E-state index contributed by atoms with van der Waals surface area (Å²) < 4.78 is 5.68. The summed E-state index contributed by atoms with van der Waals surface area (Å²) in [6.45, 7) is 4.21. The number of piperazine rings is 1. The smallest absolute Gasteiger partial charge is 0.263 e. The number of carbonyl (C=O) groups excluding carboxylic acids is 1. The molecular weight excluding hydrogens is 348 g/mol. The lowest BCUT2D eigenvalue weighted by atomic mass is 10.2. The molecule has 0 spiro atoms. The van der Waals surface area contributed by atoms with Crippen LogP contribution in [0.15, 0.2) is 29.3 Å². The van der Waals surface area contributed by atoms with Gasteiger partial charge in [0.2, 0.25) is 6.19 Å². The Kier molecular flexibility index (Phi) is 6.76. The minimum atomic E-state index is -0.564. The van der Waals surface area contributed by atoms with Crippen molar-refractivity contribution >= 4 is 34.4 Å². The summed E-state index contributed by atoms with van der Waals surface area (Å²) in [5.41, 5.74) is 0. The highest BCUT2D eigenvalue weighted by molar-refractivity contribution is 8.13. The molecule has 1 heterocycles. The Bertz CT molecular complexity index is 636. The Labute approximate surface area is 151 Å². The van der Waals surface area contributed by atoms with Crippen LogP contribution in [0.5, 0.6) is 5.75 Å². The molecule has 1 saturated heterocycles. The molecular formula is C16H19ClN4O2S. The van der Waals surface area contributed by atoms with Crippen LogP contribution in [-0.4, -0.2) is 59.4 Å². The number of carbonyl (C=O) groups is 1. The van der Waals surface area contributed by atoms with Gasteiger partial charge in [-0.3, -0.25) is 4.79 Å². The first kappa shape index (κ1) is 18.4. The number of ether oxygens (including phenoxy) is 1. The maximum atomic E-state index is 12.5. The lowest BCUT2D eigenvalue weighted by Crippen LogP contribution is -2.52. The van der Waals surface area contributed by atoms with Crippen molar-refractivity contribution in [1.29, 1.82) is 5.26 Å². The number of nitrogens with zero attached hydrogens (tertiary/aromatic N) is 4. The molecule has 24 heavy (non-hydrogen) atoms. The van der Waals surface area contributed by atoms with Crippen LogP contribution in [0.2, 0.25) is 5.02 Å². The number of amidine groups is 1. The third-order valence-electron chi connectivity index (χ3n) is 3.66. The van der Waals surface area contributed by atoms with Crippen molar-refractivity contribution in [2.75, 3.05) is 32.4 Å². The number of thioether (sulfide) groups is 1. The molecule has 0 unspecified atom stereocenters. The van der Waals surface area contributed by atoms with Crippen molar-refractivity contribution in [3.63, 3.8) is 0 Å². The van der Waals surface area contributed by atoms with Gasteiger partial charge in [0.1, 0.15) is 5.75 Å². The zero-order chi connectivity index (χ0) is 17.5. The van der Waals surface area contributed by atoms with Crippen LogP contribution in [-0.2, 0) is 4.79 Å². The van der Waals surface area contributed by atoms with Crippen molar-refractivity contribution in [2.24, 2.45) is 4.99 Å². The zero-order valence-electron chi connectivity index (χ0n) is 13.6. The van der Waals surface area contributed by atoms with Gasteiger partial charge in [-0.2, -0.15) is 5.26 Å². The van der Waals surface area contributed by atoms with E-state index in [9.17, 15) is 4.79 Å². The predicted molar refractivity (Wildman–Crippen MR) is 96.3 cm³/mol. The average molecular weight is 367 g/mol. The van der Waals surface area contributed by atoms with E-state index in [-0.39, 0.29) is 5.91 Å². The first-order valence-corrected chi connectivity index (χ1v) is 9.12. The van der Waals surface area contributed by atoms with Gasteiger partial charge in [-0.25, -0.2) is 0 Å². The average Bonchev–Trinajstić information content (AvgIpc) is 2.61. The Morgan fingerprint density at radius 2 is 1.88 bits per heavy atom. The van der Waals surface area contributed by atoms with Crippen molar-refractivity contribution in [1.82, 2.24) is 9.80 Å². The van der Waals surface area contributed by atoms with E-state index < -0.39 is 6.10 Å². The highest BCUT2D eigenvalue weighted by Gasteiger charge is 2.27. The van der Waals surface area contributed by atoms with Crippen LogP contribution in [0.1, 0.15) is 6.92 Å². The molecule has 1 aliphatic rings. The number of amides is 1. The molecule has 0 bridgehead atoms. The third kappa shape index (κ3) is 4.79. The van der Waals surface area contributed by atoms with Crippen LogP contribution in [0, 0.1) is 11.5 Å². The monoisotopic (exact) mass is 366 g/mol. The Balaban J connectivity index is 1.89. The van der Waals surface area contributed by atoms with E-state index in [4.69, 9.17) is 21.6 Å². The molecule has 1 atom stereocenters. The fourth-order valence-electron chi connectivity index (χ4n) is 2.43. The molecule has 1 amide bonds. The quantitative estimate of drug-likeness (QED) is 0.467. The third-order valence-corrected chi connectivity index (χ3v) is 4.63. The molecule has 2 rings (SSSR count). The summed E-state index contributed by atoms with van der Waals surface area (Å²) in [5, 5.41) is 10.0. The van der Waals surface area contributed by atoms with Crippen LogP contribution in [0.3, 0.4) is 0 Å². The van der Waals surface area contributed by atoms with Crippen LogP contribution < -0.4 is 4.74 Å². The van der Waals surface area contributed by atoms with Gasteiger partial charge in [-0.05, 0) is 37.4 Å². The number of rotatable bonds is 3. The normalized spacial score (nSPS) is 16.5. The highest BCUT2D eigenvalue weighted by atomic mass is 35.5. The van der Waals surface area contributed by atoms with E-state index in [1.165, 1.54) is 11.8 Å². The molecule has 1 aromatic carbocycles. The molecule has 0 aliphatic carbocycles. The predicted octanol–water partition coefficient (Wildman–Crippen LogP) is 2.45. The van der Waals surface area contributed by atoms with Crippen LogP contribution >= 0.6 is 23.4 Å². The lowest BCUT2D eigenvalue weighted by Gasteiger charge is -2.36. The fraction of sp³-hybridized carbons (Fsp3) is 0.438. The van der Waals surface area contributed by atoms with Crippen molar-refractivity contribution in [2.45, 2.75) is 13.0 Å². The minimum Gasteiger partial charge on any atom is -0.481 e. The van der Waals surface area contributed by atoms with E-state index in [1.54, 1.807) is 36.1 Å². The second-order valence-corrected chi connectivity index (χ2v) is 6.43. The highest BCUT2D eigenvalue weighted by Crippen LogP contribution is 2.18. The summed E-state index contributed by atoms with van der Waals surface area (Å²) in [6, 6.07) is 6.94. The summed E-state index contributed by atoms with van der Waals surface area (Å²) in [7, 11) is 0. The van der Waals surface area contributed by atoms with Gasteiger partial charge in [0.05, 0.1) is 0 Å². The van der Waals surface area contributed by atoms with Gasteiger partial charge in [0.15, 0.2) is 11.3 Å². The summed E-state index contributed by atoms with van der Waals surface area (Å²) in [6.07, 6.45) is 3.14. The van der Waals surface area contributed by atoms with Crippen molar-refractivity contribution < 1.29 is 9.53 Å². The van der Waals surface area contributed by atoms with Gasteiger partial charge >= 0.3 is 0 Å². The number of benzene rings is 1. The summed E-state index contributed by atoms with van der Waals surface area (Å²) >= 11 is 7.27. The molecule has 1 aromatic rings. The summed E-state index contributed by atoms with van der Waals surface area (Å²) in [5.74, 6) is 0.567. The molecule has 0 saturated carbocycles. The Hall–Kier alpha value is -1.91. The van der Waals surface area contributed by atoms with Crippen molar-refractivity contribution in [3.8, 4) is 11.9 Å². The van der Waals surface area contributed by atoms with Gasteiger partial charge in [-0.15, -0.1) is 4.99 Å². The molecule has 6 nitrogen and oxygen atoms in total.